The minimum Gasteiger partial charge on any atom is -0.495 e. The summed E-state index contributed by atoms with van der Waals surface area (Å²) in [7, 11) is 1.60. The molecule has 34 heavy (non-hydrogen) atoms. The van der Waals surface area contributed by atoms with Gasteiger partial charge in [-0.3, -0.25) is 14.3 Å². The third kappa shape index (κ3) is 4.44. The van der Waals surface area contributed by atoms with Gasteiger partial charge in [-0.1, -0.05) is 35.9 Å². The van der Waals surface area contributed by atoms with Crippen LogP contribution >= 0.6 is 11.6 Å². The maximum atomic E-state index is 13.1. The van der Waals surface area contributed by atoms with E-state index in [2.05, 4.69) is 15.0 Å². The van der Waals surface area contributed by atoms with Crippen molar-refractivity contribution in [2.45, 2.75) is 31.5 Å². The first-order valence-electron chi connectivity index (χ1n) is 11.2. The first kappa shape index (κ1) is 22.6. The molecule has 4 aromatic rings. The zero-order chi connectivity index (χ0) is 23.7. The van der Waals surface area contributed by atoms with Crippen molar-refractivity contribution >= 4 is 22.6 Å². The van der Waals surface area contributed by atoms with Gasteiger partial charge < -0.3 is 9.84 Å². The molecule has 1 fully saturated rings. The molecule has 1 aliphatic rings. The summed E-state index contributed by atoms with van der Waals surface area (Å²) in [6.45, 7) is 2.38. The van der Waals surface area contributed by atoms with Gasteiger partial charge in [-0.05, 0) is 42.7 Å². The number of benzene rings is 2. The topological polar surface area (TPSA) is 85.4 Å². The molecule has 0 atom stereocenters. The number of para-hydroxylation sites is 1. The summed E-state index contributed by atoms with van der Waals surface area (Å²) >= 11 is 6.25. The summed E-state index contributed by atoms with van der Waals surface area (Å²) in [5, 5.41) is 16.6. The van der Waals surface area contributed by atoms with Crippen LogP contribution in [0, 0.1) is 0 Å². The number of piperidine rings is 1. The molecular weight excluding hydrogens is 454 g/mol. The Morgan fingerprint density at radius 2 is 1.91 bits per heavy atom. The van der Waals surface area contributed by atoms with Crippen molar-refractivity contribution in [1.82, 2.24) is 24.2 Å². The van der Waals surface area contributed by atoms with E-state index in [-0.39, 0.29) is 12.1 Å². The molecule has 8 nitrogen and oxygen atoms in total. The van der Waals surface area contributed by atoms with Crippen molar-refractivity contribution < 1.29 is 9.84 Å². The van der Waals surface area contributed by atoms with Gasteiger partial charge in [0.1, 0.15) is 17.5 Å². The van der Waals surface area contributed by atoms with E-state index in [1.54, 1.807) is 18.0 Å². The van der Waals surface area contributed by atoms with Crippen LogP contribution in [0.15, 0.2) is 65.8 Å². The molecular formula is C25H26ClN5O3. The molecule has 3 heterocycles. The number of hydrogen-bond donors (Lipinski definition) is 1. The van der Waals surface area contributed by atoms with Crippen LogP contribution in [0.2, 0.25) is 5.02 Å². The molecule has 1 N–H and O–H groups in total. The fraction of sp³-hybridized carbons (Fsp3) is 0.320. The van der Waals surface area contributed by atoms with E-state index in [9.17, 15) is 9.90 Å². The fourth-order valence-electron chi connectivity index (χ4n) is 4.49. The van der Waals surface area contributed by atoms with Gasteiger partial charge in [0.15, 0.2) is 5.65 Å². The highest BCUT2D eigenvalue weighted by Gasteiger charge is 2.33. The van der Waals surface area contributed by atoms with Crippen LogP contribution in [0.1, 0.15) is 18.4 Å². The number of aliphatic hydroxyl groups is 1. The Morgan fingerprint density at radius 3 is 2.62 bits per heavy atom. The average Bonchev–Trinajstić information content (AvgIpc) is 3.28. The monoisotopic (exact) mass is 479 g/mol. The predicted molar refractivity (Wildman–Crippen MR) is 131 cm³/mol. The Balaban J connectivity index is 1.27. The second-order valence-electron chi connectivity index (χ2n) is 8.78. The Morgan fingerprint density at radius 1 is 1.15 bits per heavy atom. The third-order valence-corrected chi connectivity index (χ3v) is 6.72. The molecule has 0 saturated carbocycles. The average molecular weight is 480 g/mol. The molecule has 0 aliphatic carbocycles. The molecule has 0 amide bonds. The Hall–Kier alpha value is -3.20. The Bertz CT molecular complexity index is 1360. The van der Waals surface area contributed by atoms with Crippen LogP contribution in [0.5, 0.6) is 5.75 Å². The lowest BCUT2D eigenvalue weighted by Gasteiger charge is -2.38. The van der Waals surface area contributed by atoms with E-state index in [0.29, 0.717) is 34.6 Å². The van der Waals surface area contributed by atoms with Crippen molar-refractivity contribution in [3.05, 3.63) is 82.0 Å². The minimum atomic E-state index is -0.970. The van der Waals surface area contributed by atoms with Crippen molar-refractivity contribution in [2.24, 2.45) is 0 Å². The first-order chi connectivity index (χ1) is 16.5. The molecule has 2 aromatic heterocycles. The summed E-state index contributed by atoms with van der Waals surface area (Å²) in [5.41, 5.74) is 1.27. The van der Waals surface area contributed by atoms with E-state index >= 15 is 0 Å². The zero-order valence-corrected chi connectivity index (χ0v) is 19.6. The van der Waals surface area contributed by atoms with Crippen molar-refractivity contribution in [1.29, 1.82) is 0 Å². The normalized spacial score (nSPS) is 16.1. The molecule has 176 valence electrons. The number of fused-ring (bicyclic) bond motifs is 1. The highest BCUT2D eigenvalue weighted by molar-refractivity contribution is 6.32. The number of aromatic nitrogens is 4. The lowest BCUT2D eigenvalue weighted by molar-refractivity contribution is -0.0364. The lowest BCUT2D eigenvalue weighted by atomic mass is 9.91. The number of hydrogen-bond acceptors (Lipinski definition) is 6. The number of nitrogens with zero attached hydrogens (tertiary/aromatic N) is 5. The SMILES string of the molecule is COc1ccc(CN2CCC(O)(Cn3cnc4c(cnn4-c4ccccc4)c3=O)CC2)cc1Cl. The van der Waals surface area contributed by atoms with Gasteiger partial charge in [-0.2, -0.15) is 5.10 Å². The molecule has 0 bridgehead atoms. The van der Waals surface area contributed by atoms with E-state index in [0.717, 1.165) is 30.9 Å². The van der Waals surface area contributed by atoms with Crippen molar-refractivity contribution in [2.75, 3.05) is 20.2 Å². The summed E-state index contributed by atoms with van der Waals surface area (Å²) in [5.74, 6) is 0.656. The zero-order valence-electron chi connectivity index (χ0n) is 18.9. The van der Waals surface area contributed by atoms with Crippen LogP contribution in [0.3, 0.4) is 0 Å². The molecule has 2 aromatic carbocycles. The second-order valence-corrected chi connectivity index (χ2v) is 9.18. The number of methoxy groups -OCH3 is 1. The van der Waals surface area contributed by atoms with Crippen LogP contribution < -0.4 is 10.3 Å². The van der Waals surface area contributed by atoms with Gasteiger partial charge in [-0.25, -0.2) is 9.67 Å². The van der Waals surface area contributed by atoms with Crippen LogP contribution in [0.4, 0.5) is 0 Å². The number of halogens is 1. The lowest BCUT2D eigenvalue weighted by Crippen LogP contribution is -2.47. The van der Waals surface area contributed by atoms with Crippen LogP contribution in [-0.2, 0) is 13.1 Å². The summed E-state index contributed by atoms with van der Waals surface area (Å²) < 4.78 is 8.37. The van der Waals surface area contributed by atoms with E-state index in [4.69, 9.17) is 16.3 Å². The predicted octanol–water partition coefficient (Wildman–Crippen LogP) is 3.27. The van der Waals surface area contributed by atoms with Gasteiger partial charge >= 0.3 is 0 Å². The molecule has 9 heteroatoms. The summed E-state index contributed by atoms with van der Waals surface area (Å²) in [6.07, 6.45) is 4.17. The summed E-state index contributed by atoms with van der Waals surface area (Å²) in [4.78, 5) is 19.9. The van der Waals surface area contributed by atoms with Crippen LogP contribution in [0.25, 0.3) is 16.7 Å². The maximum absolute atomic E-state index is 13.1. The van der Waals surface area contributed by atoms with Gasteiger partial charge in [0.25, 0.3) is 5.56 Å². The molecule has 1 saturated heterocycles. The van der Waals surface area contributed by atoms with Crippen LogP contribution in [-0.4, -0.2) is 55.1 Å². The molecule has 1 aliphatic heterocycles. The first-order valence-corrected chi connectivity index (χ1v) is 11.6. The number of likely N-dealkylation sites (tertiary alicyclic amines) is 1. The van der Waals surface area contributed by atoms with Gasteiger partial charge in [-0.15, -0.1) is 0 Å². The second kappa shape index (κ2) is 9.21. The molecule has 0 radical (unpaired) electrons. The Labute approximate surface area is 202 Å². The molecule has 0 unspecified atom stereocenters. The molecule has 0 spiro atoms. The van der Waals surface area contributed by atoms with Gasteiger partial charge in [0.2, 0.25) is 0 Å². The summed E-state index contributed by atoms with van der Waals surface area (Å²) in [6, 6.07) is 15.4. The third-order valence-electron chi connectivity index (χ3n) is 6.43. The maximum Gasteiger partial charge on any atom is 0.264 e. The number of ether oxygens (including phenoxy) is 1. The quantitative estimate of drug-likeness (QED) is 0.457. The van der Waals surface area contributed by atoms with E-state index in [1.165, 1.54) is 10.9 Å². The minimum absolute atomic E-state index is 0.198. The van der Waals surface area contributed by atoms with Gasteiger partial charge in [0, 0.05) is 19.6 Å². The van der Waals surface area contributed by atoms with E-state index in [1.807, 2.05) is 48.5 Å². The fourth-order valence-corrected chi connectivity index (χ4v) is 4.77. The largest absolute Gasteiger partial charge is 0.495 e. The molecule has 5 rings (SSSR count). The number of rotatable bonds is 6. The van der Waals surface area contributed by atoms with Crippen molar-refractivity contribution in [3.8, 4) is 11.4 Å². The highest BCUT2D eigenvalue weighted by atomic mass is 35.5. The highest BCUT2D eigenvalue weighted by Crippen LogP contribution is 2.28. The smallest absolute Gasteiger partial charge is 0.264 e. The standard InChI is InChI=1S/C25H26ClN5O3/c1-34-22-8-7-18(13-21(22)26)15-29-11-9-25(33,10-12-29)16-30-17-27-23-20(24(30)32)14-28-31(23)19-5-3-2-4-6-19/h2-8,13-14,17,33H,9-12,15-16H2,1H3. The van der Waals surface area contributed by atoms with Crippen molar-refractivity contribution in [3.63, 3.8) is 0 Å². The van der Waals surface area contributed by atoms with Gasteiger partial charge in [0.05, 0.1) is 36.2 Å². The van der Waals surface area contributed by atoms with E-state index < -0.39 is 5.60 Å². The Kier molecular flexibility index (Phi) is 6.12.